The maximum absolute atomic E-state index is 11.7. The Balaban J connectivity index is 2.62. The minimum absolute atomic E-state index is 0.00615. The van der Waals surface area contributed by atoms with Crippen molar-refractivity contribution in [2.75, 3.05) is 13.7 Å². The van der Waals surface area contributed by atoms with Crippen LogP contribution in [-0.4, -0.2) is 36.6 Å². The molecule has 0 unspecified atom stereocenters. The van der Waals surface area contributed by atoms with E-state index in [1.807, 2.05) is 0 Å². The number of nitrogens with one attached hydrogen (secondary N) is 1. The van der Waals surface area contributed by atoms with E-state index in [4.69, 9.17) is 5.11 Å². The Bertz CT molecular complexity index is 522. The summed E-state index contributed by atoms with van der Waals surface area (Å²) >= 11 is 0. The average molecular weight is 277 g/mol. The summed E-state index contributed by atoms with van der Waals surface area (Å²) in [6.45, 7) is 0.0471. The molecule has 0 fully saturated rings. The number of esters is 1. The third kappa shape index (κ3) is 4.93. The quantitative estimate of drug-likeness (QED) is 0.597. The summed E-state index contributed by atoms with van der Waals surface area (Å²) in [7, 11) is 1.17. The molecule has 2 N–H and O–H groups in total. The number of aliphatic carboxylic acids is 1. The normalized spacial score (nSPS) is 10.8. The van der Waals surface area contributed by atoms with Crippen LogP contribution in [0, 0.1) is 0 Å². The second kappa shape index (κ2) is 7.73. The van der Waals surface area contributed by atoms with E-state index in [1.54, 1.807) is 30.3 Å². The molecule has 1 aromatic carbocycles. The molecule has 0 atom stereocenters. The van der Waals surface area contributed by atoms with Gasteiger partial charge in [0, 0.05) is 17.7 Å². The zero-order valence-corrected chi connectivity index (χ0v) is 11.0. The molecule has 0 bridgehead atoms. The van der Waals surface area contributed by atoms with Crippen molar-refractivity contribution >= 4 is 17.8 Å². The van der Waals surface area contributed by atoms with Crippen molar-refractivity contribution in [1.29, 1.82) is 0 Å². The van der Waals surface area contributed by atoms with Gasteiger partial charge in [-0.1, -0.05) is 24.3 Å². The Morgan fingerprint density at radius 3 is 2.45 bits per heavy atom. The van der Waals surface area contributed by atoms with Gasteiger partial charge in [0.2, 0.25) is 0 Å². The van der Waals surface area contributed by atoms with Crippen molar-refractivity contribution in [2.45, 2.75) is 6.42 Å². The lowest BCUT2D eigenvalue weighted by molar-refractivity contribution is -0.141. The molecule has 20 heavy (non-hydrogen) atoms. The summed E-state index contributed by atoms with van der Waals surface area (Å²) in [5, 5.41) is 11.2. The summed E-state index contributed by atoms with van der Waals surface area (Å²) in [5.74, 6) is -2.17. The summed E-state index contributed by atoms with van der Waals surface area (Å²) in [6.07, 6.45) is 0.884. The van der Waals surface area contributed by atoms with E-state index in [0.717, 1.165) is 0 Å². The molecule has 6 heteroatoms. The summed E-state index contributed by atoms with van der Waals surface area (Å²) in [5.41, 5.74) is 0.479. The number of hydrogen-bond acceptors (Lipinski definition) is 4. The SMILES string of the molecule is COC(=O)/C(=C/CNC(=O)c1ccccc1)CC(=O)O. The lowest BCUT2D eigenvalue weighted by Gasteiger charge is -2.05. The van der Waals surface area contributed by atoms with Crippen LogP contribution < -0.4 is 5.32 Å². The van der Waals surface area contributed by atoms with Crippen molar-refractivity contribution in [3.05, 3.63) is 47.5 Å². The van der Waals surface area contributed by atoms with Gasteiger partial charge in [-0.2, -0.15) is 0 Å². The van der Waals surface area contributed by atoms with Crippen LogP contribution in [0.1, 0.15) is 16.8 Å². The fourth-order valence-corrected chi connectivity index (χ4v) is 1.48. The van der Waals surface area contributed by atoms with Crippen LogP contribution in [0.25, 0.3) is 0 Å². The molecule has 6 nitrogen and oxygen atoms in total. The van der Waals surface area contributed by atoms with E-state index in [0.29, 0.717) is 5.56 Å². The van der Waals surface area contributed by atoms with Crippen molar-refractivity contribution in [3.63, 3.8) is 0 Å². The molecule has 0 aliphatic rings. The van der Waals surface area contributed by atoms with Gasteiger partial charge in [0.05, 0.1) is 13.5 Å². The lowest BCUT2D eigenvalue weighted by atomic mass is 10.1. The number of carboxylic acids is 1. The lowest BCUT2D eigenvalue weighted by Crippen LogP contribution is -2.24. The minimum atomic E-state index is -1.14. The molecule has 0 radical (unpaired) electrons. The molecule has 0 saturated heterocycles. The van der Waals surface area contributed by atoms with E-state index < -0.39 is 18.4 Å². The molecule has 0 aromatic heterocycles. The summed E-state index contributed by atoms with van der Waals surface area (Å²) in [6, 6.07) is 8.55. The van der Waals surface area contributed by atoms with Crippen molar-refractivity contribution in [3.8, 4) is 0 Å². The molecule has 1 aromatic rings. The zero-order valence-electron chi connectivity index (χ0n) is 11.0. The molecular formula is C14H15NO5. The number of carbonyl (C=O) groups is 3. The Morgan fingerprint density at radius 2 is 1.90 bits per heavy atom. The number of benzene rings is 1. The van der Waals surface area contributed by atoms with E-state index in [-0.39, 0.29) is 18.0 Å². The maximum atomic E-state index is 11.7. The zero-order chi connectivity index (χ0) is 15.0. The molecule has 0 aliphatic heterocycles. The van der Waals surface area contributed by atoms with E-state index >= 15 is 0 Å². The standard InChI is InChI=1S/C14H15NO5/c1-20-14(19)11(9-12(16)17)7-8-15-13(18)10-5-3-2-4-6-10/h2-7H,8-9H2,1H3,(H,15,18)(H,16,17)/b11-7+. The fourth-order valence-electron chi connectivity index (χ4n) is 1.48. The number of hydrogen-bond donors (Lipinski definition) is 2. The minimum Gasteiger partial charge on any atom is -0.481 e. The Hall–Kier alpha value is -2.63. The van der Waals surface area contributed by atoms with Gasteiger partial charge in [0.1, 0.15) is 0 Å². The van der Waals surface area contributed by atoms with Gasteiger partial charge in [0.25, 0.3) is 5.91 Å². The van der Waals surface area contributed by atoms with Gasteiger partial charge in [-0.3, -0.25) is 9.59 Å². The number of carboxylic acid groups (broad SMARTS) is 1. The molecule has 1 amide bonds. The smallest absolute Gasteiger partial charge is 0.334 e. The molecule has 0 heterocycles. The van der Waals surface area contributed by atoms with Crippen LogP contribution >= 0.6 is 0 Å². The first-order valence-electron chi connectivity index (χ1n) is 5.87. The average Bonchev–Trinajstić information content (AvgIpc) is 2.45. The number of carbonyl (C=O) groups excluding carboxylic acids is 2. The topological polar surface area (TPSA) is 92.7 Å². The van der Waals surface area contributed by atoms with Crippen molar-refractivity contribution in [2.24, 2.45) is 0 Å². The third-order valence-corrected chi connectivity index (χ3v) is 2.44. The second-order valence-corrected chi connectivity index (χ2v) is 3.87. The van der Waals surface area contributed by atoms with Crippen LogP contribution in [0.15, 0.2) is 42.0 Å². The molecule has 0 aliphatic carbocycles. The third-order valence-electron chi connectivity index (χ3n) is 2.44. The van der Waals surface area contributed by atoms with Crippen LogP contribution in [0.3, 0.4) is 0 Å². The summed E-state index contributed by atoms with van der Waals surface area (Å²) in [4.78, 5) is 33.7. The Labute approximate surface area is 116 Å². The highest BCUT2D eigenvalue weighted by molar-refractivity contribution is 5.95. The summed E-state index contributed by atoms with van der Waals surface area (Å²) < 4.78 is 4.47. The molecular weight excluding hydrogens is 262 g/mol. The second-order valence-electron chi connectivity index (χ2n) is 3.87. The van der Waals surface area contributed by atoms with Gasteiger partial charge >= 0.3 is 11.9 Å². The van der Waals surface area contributed by atoms with Crippen LogP contribution in [0.4, 0.5) is 0 Å². The molecule has 0 saturated carbocycles. The number of ether oxygens (including phenoxy) is 1. The highest BCUT2D eigenvalue weighted by Crippen LogP contribution is 2.04. The van der Waals surface area contributed by atoms with Gasteiger partial charge in [-0.15, -0.1) is 0 Å². The van der Waals surface area contributed by atoms with Gasteiger partial charge < -0.3 is 15.2 Å². The fraction of sp³-hybridized carbons (Fsp3) is 0.214. The predicted molar refractivity (Wildman–Crippen MR) is 71.1 cm³/mol. The maximum Gasteiger partial charge on any atom is 0.334 e. The number of amides is 1. The largest absolute Gasteiger partial charge is 0.481 e. The van der Waals surface area contributed by atoms with Crippen molar-refractivity contribution < 1.29 is 24.2 Å². The molecule has 0 spiro atoms. The van der Waals surface area contributed by atoms with Gasteiger partial charge in [0.15, 0.2) is 0 Å². The molecule has 1 rings (SSSR count). The van der Waals surface area contributed by atoms with Crippen LogP contribution in [0.2, 0.25) is 0 Å². The van der Waals surface area contributed by atoms with Crippen molar-refractivity contribution in [1.82, 2.24) is 5.32 Å². The van der Waals surface area contributed by atoms with E-state index in [9.17, 15) is 14.4 Å². The highest BCUT2D eigenvalue weighted by Gasteiger charge is 2.13. The highest BCUT2D eigenvalue weighted by atomic mass is 16.5. The van der Waals surface area contributed by atoms with Crippen LogP contribution in [0.5, 0.6) is 0 Å². The van der Waals surface area contributed by atoms with Gasteiger partial charge in [-0.25, -0.2) is 4.79 Å². The van der Waals surface area contributed by atoms with E-state index in [1.165, 1.54) is 13.2 Å². The number of methoxy groups -OCH3 is 1. The Kier molecular flexibility index (Phi) is 5.96. The van der Waals surface area contributed by atoms with Gasteiger partial charge in [-0.05, 0) is 12.1 Å². The first-order chi connectivity index (χ1) is 9.54. The molecule has 106 valence electrons. The monoisotopic (exact) mass is 277 g/mol. The Morgan fingerprint density at radius 1 is 1.25 bits per heavy atom. The first kappa shape index (κ1) is 15.4. The van der Waals surface area contributed by atoms with Crippen LogP contribution in [-0.2, 0) is 14.3 Å². The van der Waals surface area contributed by atoms with E-state index in [2.05, 4.69) is 10.1 Å². The first-order valence-corrected chi connectivity index (χ1v) is 5.87. The number of rotatable bonds is 6. The predicted octanol–water partition coefficient (Wildman–Crippen LogP) is 0.990.